The van der Waals surface area contributed by atoms with Crippen molar-refractivity contribution in [1.82, 2.24) is 14.6 Å². The second-order valence-electron chi connectivity index (χ2n) is 5.14. The standard InChI is InChI=1S/C18H13N3O2S/c1-23-18(22)13-9-10-14(15-8-5-11-24-15)21-17(13)19-16(20-21)12-6-3-2-4-7-12/h2-11H,1H3. The number of aromatic nitrogens is 3. The molecule has 0 spiro atoms. The zero-order valence-electron chi connectivity index (χ0n) is 12.8. The zero-order valence-corrected chi connectivity index (χ0v) is 13.7. The van der Waals surface area contributed by atoms with Gasteiger partial charge >= 0.3 is 5.97 Å². The molecule has 0 radical (unpaired) electrons. The van der Waals surface area contributed by atoms with Crippen LogP contribution in [0.25, 0.3) is 27.6 Å². The summed E-state index contributed by atoms with van der Waals surface area (Å²) in [5.74, 6) is 0.148. The predicted octanol–water partition coefficient (Wildman–Crippen LogP) is 3.91. The molecule has 24 heavy (non-hydrogen) atoms. The number of pyridine rings is 1. The van der Waals surface area contributed by atoms with E-state index in [-0.39, 0.29) is 0 Å². The Kier molecular flexibility index (Phi) is 3.59. The molecule has 4 aromatic rings. The molecule has 0 saturated carbocycles. The van der Waals surface area contributed by atoms with Crippen LogP contribution in [0.5, 0.6) is 0 Å². The molecule has 3 aromatic heterocycles. The Hall–Kier alpha value is -2.99. The van der Waals surface area contributed by atoms with E-state index in [4.69, 9.17) is 4.74 Å². The lowest BCUT2D eigenvalue weighted by molar-refractivity contribution is 0.0602. The summed E-state index contributed by atoms with van der Waals surface area (Å²) < 4.78 is 6.58. The fourth-order valence-corrected chi connectivity index (χ4v) is 3.29. The quantitative estimate of drug-likeness (QED) is 0.533. The summed E-state index contributed by atoms with van der Waals surface area (Å²) in [6, 6.07) is 17.3. The van der Waals surface area contributed by atoms with Gasteiger partial charge in [0.15, 0.2) is 11.5 Å². The maximum atomic E-state index is 12.1. The van der Waals surface area contributed by atoms with Gasteiger partial charge in [0, 0.05) is 5.56 Å². The Morgan fingerprint density at radius 2 is 1.92 bits per heavy atom. The van der Waals surface area contributed by atoms with Gasteiger partial charge in [-0.05, 0) is 23.6 Å². The lowest BCUT2D eigenvalue weighted by atomic mass is 10.2. The normalized spacial score (nSPS) is 10.9. The number of ether oxygens (including phenoxy) is 1. The zero-order chi connectivity index (χ0) is 16.5. The van der Waals surface area contributed by atoms with E-state index in [1.807, 2.05) is 53.9 Å². The van der Waals surface area contributed by atoms with Crippen LogP contribution in [0.3, 0.4) is 0 Å². The van der Waals surface area contributed by atoms with Crippen LogP contribution in [0, 0.1) is 0 Å². The number of rotatable bonds is 3. The molecule has 0 bridgehead atoms. The second kappa shape index (κ2) is 5.90. The molecule has 3 heterocycles. The highest BCUT2D eigenvalue weighted by Gasteiger charge is 2.19. The molecule has 0 fully saturated rings. The van der Waals surface area contributed by atoms with E-state index in [2.05, 4.69) is 10.1 Å². The molecule has 0 N–H and O–H groups in total. The number of thiophene rings is 1. The van der Waals surface area contributed by atoms with Gasteiger partial charge < -0.3 is 4.74 Å². The maximum Gasteiger partial charge on any atom is 0.341 e. The van der Waals surface area contributed by atoms with Crippen LogP contribution in [0.15, 0.2) is 60.0 Å². The van der Waals surface area contributed by atoms with E-state index in [0.717, 1.165) is 16.1 Å². The number of esters is 1. The Bertz CT molecular complexity index is 1010. The maximum absolute atomic E-state index is 12.1. The number of carbonyl (C=O) groups excluding carboxylic acids is 1. The van der Waals surface area contributed by atoms with E-state index in [9.17, 15) is 4.79 Å². The number of nitrogens with zero attached hydrogens (tertiary/aromatic N) is 3. The minimum atomic E-state index is -0.426. The predicted molar refractivity (Wildman–Crippen MR) is 93.1 cm³/mol. The summed E-state index contributed by atoms with van der Waals surface area (Å²) in [6.45, 7) is 0. The number of benzene rings is 1. The summed E-state index contributed by atoms with van der Waals surface area (Å²) in [4.78, 5) is 17.7. The topological polar surface area (TPSA) is 56.5 Å². The minimum Gasteiger partial charge on any atom is -0.465 e. The van der Waals surface area contributed by atoms with Crippen LogP contribution in [-0.4, -0.2) is 27.7 Å². The molecule has 0 aliphatic heterocycles. The van der Waals surface area contributed by atoms with Gasteiger partial charge in [0.1, 0.15) is 5.56 Å². The lowest BCUT2D eigenvalue weighted by Crippen LogP contribution is -2.05. The highest BCUT2D eigenvalue weighted by Crippen LogP contribution is 2.28. The number of methoxy groups -OCH3 is 1. The first-order valence-electron chi connectivity index (χ1n) is 7.35. The van der Waals surface area contributed by atoms with Crippen molar-refractivity contribution in [2.75, 3.05) is 7.11 Å². The molecular weight excluding hydrogens is 322 g/mol. The Morgan fingerprint density at radius 3 is 2.62 bits per heavy atom. The highest BCUT2D eigenvalue weighted by molar-refractivity contribution is 7.13. The van der Waals surface area contributed by atoms with E-state index in [0.29, 0.717) is 17.0 Å². The first-order chi connectivity index (χ1) is 11.8. The SMILES string of the molecule is COC(=O)c1ccc(-c2cccs2)n2nc(-c3ccccc3)nc12. The van der Waals surface area contributed by atoms with Crippen LogP contribution < -0.4 is 0 Å². The van der Waals surface area contributed by atoms with Gasteiger partial charge in [-0.15, -0.1) is 16.4 Å². The number of hydrogen-bond acceptors (Lipinski definition) is 5. The fourth-order valence-electron chi connectivity index (χ4n) is 2.55. The molecule has 0 saturated heterocycles. The molecule has 0 amide bonds. The summed E-state index contributed by atoms with van der Waals surface area (Å²) in [6.07, 6.45) is 0. The van der Waals surface area contributed by atoms with Crippen LogP contribution in [-0.2, 0) is 4.74 Å². The molecule has 6 heteroatoms. The Balaban J connectivity index is 2.00. The Labute approximate surface area is 142 Å². The van der Waals surface area contributed by atoms with Gasteiger partial charge in [-0.3, -0.25) is 0 Å². The smallest absolute Gasteiger partial charge is 0.341 e. The fraction of sp³-hybridized carbons (Fsp3) is 0.0556. The van der Waals surface area contributed by atoms with Crippen LogP contribution in [0.4, 0.5) is 0 Å². The third-order valence-corrected chi connectivity index (χ3v) is 4.59. The summed E-state index contributed by atoms with van der Waals surface area (Å²) in [5.41, 5.74) is 2.68. The highest BCUT2D eigenvalue weighted by atomic mass is 32.1. The average molecular weight is 335 g/mol. The third-order valence-electron chi connectivity index (χ3n) is 3.70. The molecule has 0 unspecified atom stereocenters. The van der Waals surface area contributed by atoms with Crippen molar-refractivity contribution in [3.63, 3.8) is 0 Å². The average Bonchev–Trinajstić information content (AvgIpc) is 3.30. The van der Waals surface area contributed by atoms with Gasteiger partial charge in [-0.1, -0.05) is 36.4 Å². The molecule has 0 aliphatic carbocycles. The lowest BCUT2D eigenvalue weighted by Gasteiger charge is -2.05. The largest absolute Gasteiger partial charge is 0.465 e. The molecular formula is C18H13N3O2S. The Morgan fingerprint density at radius 1 is 1.08 bits per heavy atom. The minimum absolute atomic E-state index is 0.396. The molecule has 4 rings (SSSR count). The van der Waals surface area contributed by atoms with Crippen molar-refractivity contribution >= 4 is 23.0 Å². The van der Waals surface area contributed by atoms with Gasteiger partial charge in [-0.2, -0.15) is 0 Å². The van der Waals surface area contributed by atoms with E-state index in [1.165, 1.54) is 7.11 Å². The number of hydrogen-bond donors (Lipinski definition) is 0. The molecule has 118 valence electrons. The van der Waals surface area contributed by atoms with Crippen LogP contribution in [0.2, 0.25) is 0 Å². The molecule has 5 nitrogen and oxygen atoms in total. The first-order valence-corrected chi connectivity index (χ1v) is 8.23. The van der Waals surface area contributed by atoms with Gasteiger partial charge in [0.25, 0.3) is 0 Å². The van der Waals surface area contributed by atoms with Crippen LogP contribution in [0.1, 0.15) is 10.4 Å². The van der Waals surface area contributed by atoms with Gasteiger partial charge in [-0.25, -0.2) is 14.3 Å². The van der Waals surface area contributed by atoms with Crippen molar-refractivity contribution in [2.45, 2.75) is 0 Å². The van der Waals surface area contributed by atoms with Gasteiger partial charge in [0.05, 0.1) is 17.7 Å². The number of carbonyl (C=O) groups is 1. The third kappa shape index (κ3) is 2.37. The number of fused-ring (bicyclic) bond motifs is 1. The van der Waals surface area contributed by atoms with Crippen molar-refractivity contribution in [1.29, 1.82) is 0 Å². The molecule has 1 aromatic carbocycles. The van der Waals surface area contributed by atoms with Crippen molar-refractivity contribution in [2.24, 2.45) is 0 Å². The summed E-state index contributed by atoms with van der Waals surface area (Å²) >= 11 is 1.61. The van der Waals surface area contributed by atoms with E-state index in [1.54, 1.807) is 21.9 Å². The van der Waals surface area contributed by atoms with Gasteiger partial charge in [0.2, 0.25) is 0 Å². The van der Waals surface area contributed by atoms with E-state index >= 15 is 0 Å². The van der Waals surface area contributed by atoms with Crippen molar-refractivity contribution in [3.8, 4) is 22.0 Å². The first kappa shape index (κ1) is 14.6. The van der Waals surface area contributed by atoms with E-state index < -0.39 is 5.97 Å². The second-order valence-corrected chi connectivity index (χ2v) is 6.09. The van der Waals surface area contributed by atoms with Crippen molar-refractivity contribution < 1.29 is 9.53 Å². The monoisotopic (exact) mass is 335 g/mol. The molecule has 0 aliphatic rings. The summed E-state index contributed by atoms with van der Waals surface area (Å²) in [5, 5.41) is 6.63. The van der Waals surface area contributed by atoms with Crippen molar-refractivity contribution in [3.05, 3.63) is 65.5 Å². The van der Waals surface area contributed by atoms with Crippen LogP contribution >= 0.6 is 11.3 Å². The summed E-state index contributed by atoms with van der Waals surface area (Å²) in [7, 11) is 1.36. The molecule has 0 atom stereocenters.